The smallest absolute Gasteiger partial charge is 0.306 e. The van der Waals surface area contributed by atoms with E-state index < -0.39 is 21.9 Å². The summed E-state index contributed by atoms with van der Waals surface area (Å²) >= 11 is 0. The van der Waals surface area contributed by atoms with Gasteiger partial charge in [0, 0.05) is 6.54 Å². The summed E-state index contributed by atoms with van der Waals surface area (Å²) in [7, 11) is -3.25. The number of rotatable bonds is 7. The first kappa shape index (κ1) is 15.4. The Bertz CT molecular complexity index is 360. The molecule has 1 fully saturated rings. The van der Waals surface area contributed by atoms with Gasteiger partial charge in [-0.3, -0.25) is 4.79 Å². The molecule has 1 aliphatic carbocycles. The van der Waals surface area contributed by atoms with Gasteiger partial charge in [-0.05, 0) is 25.2 Å². The Morgan fingerprint density at radius 2 is 1.94 bits per heavy atom. The molecule has 2 N–H and O–H groups in total. The molecule has 106 valence electrons. The van der Waals surface area contributed by atoms with Crippen LogP contribution >= 0.6 is 0 Å². The normalized spacial score (nSPS) is 19.6. The minimum Gasteiger partial charge on any atom is -0.481 e. The second-order valence-electron chi connectivity index (χ2n) is 5.21. The number of hydrogen-bond donors (Lipinski definition) is 2. The molecule has 18 heavy (non-hydrogen) atoms. The maximum atomic E-state index is 11.8. The van der Waals surface area contributed by atoms with Gasteiger partial charge in [-0.2, -0.15) is 0 Å². The van der Waals surface area contributed by atoms with Crippen LogP contribution < -0.4 is 4.72 Å². The largest absolute Gasteiger partial charge is 0.481 e. The van der Waals surface area contributed by atoms with Crippen LogP contribution in [0.15, 0.2) is 0 Å². The van der Waals surface area contributed by atoms with Crippen molar-refractivity contribution in [3.05, 3.63) is 0 Å². The lowest BCUT2D eigenvalue weighted by Gasteiger charge is -2.21. The second kappa shape index (κ2) is 7.09. The van der Waals surface area contributed by atoms with Crippen molar-refractivity contribution in [3.8, 4) is 0 Å². The molecular formula is C12H23NO4S. The maximum Gasteiger partial charge on any atom is 0.306 e. The summed E-state index contributed by atoms with van der Waals surface area (Å²) in [5, 5.41) is 8.70. The van der Waals surface area contributed by atoms with E-state index in [4.69, 9.17) is 5.11 Å². The van der Waals surface area contributed by atoms with Crippen LogP contribution in [0.3, 0.4) is 0 Å². The van der Waals surface area contributed by atoms with Crippen molar-refractivity contribution < 1.29 is 18.3 Å². The highest BCUT2D eigenvalue weighted by Crippen LogP contribution is 2.24. The van der Waals surface area contributed by atoms with Crippen molar-refractivity contribution in [2.24, 2.45) is 11.8 Å². The molecule has 0 aromatic rings. The third-order valence-electron chi connectivity index (χ3n) is 3.50. The summed E-state index contributed by atoms with van der Waals surface area (Å²) in [6.45, 7) is 1.79. The SMILES string of the molecule is CC(CCNS(=O)(=O)CC1CCCCC1)C(=O)O. The molecule has 0 aromatic carbocycles. The molecule has 1 saturated carbocycles. The summed E-state index contributed by atoms with van der Waals surface area (Å²) in [6.07, 6.45) is 5.77. The van der Waals surface area contributed by atoms with Gasteiger partial charge in [0.2, 0.25) is 10.0 Å². The fourth-order valence-electron chi connectivity index (χ4n) is 2.28. The van der Waals surface area contributed by atoms with Gasteiger partial charge >= 0.3 is 5.97 Å². The third-order valence-corrected chi connectivity index (χ3v) is 5.05. The van der Waals surface area contributed by atoms with Crippen LogP contribution in [0, 0.1) is 11.8 Å². The van der Waals surface area contributed by atoms with Crippen LogP contribution in [0.25, 0.3) is 0 Å². The zero-order chi connectivity index (χ0) is 13.6. The second-order valence-corrected chi connectivity index (χ2v) is 7.06. The first-order valence-corrected chi connectivity index (χ1v) is 8.26. The Labute approximate surface area is 109 Å². The van der Waals surface area contributed by atoms with Gasteiger partial charge in [-0.25, -0.2) is 13.1 Å². The van der Waals surface area contributed by atoms with E-state index in [-0.39, 0.29) is 18.2 Å². The van der Waals surface area contributed by atoms with E-state index >= 15 is 0 Å². The molecule has 6 heteroatoms. The van der Waals surface area contributed by atoms with Crippen LogP contribution in [-0.2, 0) is 14.8 Å². The minimum atomic E-state index is -3.25. The van der Waals surface area contributed by atoms with Crippen molar-refractivity contribution >= 4 is 16.0 Å². The van der Waals surface area contributed by atoms with Gasteiger partial charge in [0.05, 0.1) is 11.7 Å². The number of carbonyl (C=O) groups is 1. The van der Waals surface area contributed by atoms with Gasteiger partial charge in [0.25, 0.3) is 0 Å². The standard InChI is InChI=1S/C12H23NO4S/c1-10(12(14)15)7-8-13-18(16,17)9-11-5-3-2-4-6-11/h10-11,13H,2-9H2,1H3,(H,14,15). The van der Waals surface area contributed by atoms with Crippen molar-refractivity contribution in [2.75, 3.05) is 12.3 Å². The van der Waals surface area contributed by atoms with E-state index in [9.17, 15) is 13.2 Å². The fraction of sp³-hybridized carbons (Fsp3) is 0.917. The average molecular weight is 277 g/mol. The van der Waals surface area contributed by atoms with Crippen LogP contribution in [-0.4, -0.2) is 31.8 Å². The lowest BCUT2D eigenvalue weighted by Crippen LogP contribution is -2.32. The molecule has 0 amide bonds. The Balaban J connectivity index is 2.28. The van der Waals surface area contributed by atoms with Gasteiger partial charge in [-0.1, -0.05) is 26.2 Å². The number of sulfonamides is 1. The Hall–Kier alpha value is -0.620. The summed E-state index contributed by atoms with van der Waals surface area (Å²) in [5.74, 6) is -0.939. The monoisotopic (exact) mass is 277 g/mol. The number of nitrogens with one attached hydrogen (secondary N) is 1. The third kappa shape index (κ3) is 5.82. The first-order valence-electron chi connectivity index (χ1n) is 6.61. The van der Waals surface area contributed by atoms with Crippen LogP contribution in [0.4, 0.5) is 0 Å². The summed E-state index contributed by atoms with van der Waals surface area (Å²) in [4.78, 5) is 10.6. The number of carboxylic acid groups (broad SMARTS) is 1. The Morgan fingerprint density at radius 1 is 1.33 bits per heavy atom. The van der Waals surface area contributed by atoms with E-state index in [0.29, 0.717) is 6.42 Å². The van der Waals surface area contributed by atoms with E-state index in [1.54, 1.807) is 6.92 Å². The minimum absolute atomic E-state index is 0.189. The molecule has 0 spiro atoms. The lowest BCUT2D eigenvalue weighted by atomic mass is 9.91. The van der Waals surface area contributed by atoms with Gasteiger partial charge in [0.15, 0.2) is 0 Å². The Kier molecular flexibility index (Phi) is 6.08. The molecule has 0 aliphatic heterocycles. The van der Waals surface area contributed by atoms with Gasteiger partial charge in [-0.15, -0.1) is 0 Å². The maximum absolute atomic E-state index is 11.8. The summed E-state index contributed by atoms with van der Waals surface area (Å²) in [5.41, 5.74) is 0. The lowest BCUT2D eigenvalue weighted by molar-refractivity contribution is -0.141. The van der Waals surface area contributed by atoms with E-state index in [1.807, 2.05) is 0 Å². The molecular weight excluding hydrogens is 254 g/mol. The van der Waals surface area contributed by atoms with Gasteiger partial charge < -0.3 is 5.11 Å². The average Bonchev–Trinajstić information content (AvgIpc) is 2.29. The molecule has 0 bridgehead atoms. The zero-order valence-corrected chi connectivity index (χ0v) is 11.7. The van der Waals surface area contributed by atoms with Crippen molar-refractivity contribution in [3.63, 3.8) is 0 Å². The van der Waals surface area contributed by atoms with Crippen molar-refractivity contribution in [1.29, 1.82) is 0 Å². The molecule has 0 heterocycles. The number of hydrogen-bond acceptors (Lipinski definition) is 3. The van der Waals surface area contributed by atoms with E-state index in [2.05, 4.69) is 4.72 Å². The number of aliphatic carboxylic acids is 1. The molecule has 1 aliphatic rings. The molecule has 0 saturated heterocycles. The highest BCUT2D eigenvalue weighted by Gasteiger charge is 2.21. The molecule has 0 radical (unpaired) electrons. The van der Waals surface area contributed by atoms with E-state index in [1.165, 1.54) is 6.42 Å². The zero-order valence-electron chi connectivity index (χ0n) is 10.9. The molecule has 1 rings (SSSR count). The predicted octanol–water partition coefficient (Wildman–Crippen LogP) is 1.60. The van der Waals surface area contributed by atoms with Crippen LogP contribution in [0.5, 0.6) is 0 Å². The molecule has 1 unspecified atom stereocenters. The van der Waals surface area contributed by atoms with E-state index in [0.717, 1.165) is 25.7 Å². The molecule has 1 atom stereocenters. The molecule has 0 aromatic heterocycles. The predicted molar refractivity (Wildman–Crippen MR) is 69.8 cm³/mol. The fourth-order valence-corrected chi connectivity index (χ4v) is 3.78. The summed E-state index contributed by atoms with van der Waals surface area (Å²) < 4.78 is 26.1. The Morgan fingerprint density at radius 3 is 2.50 bits per heavy atom. The number of carboxylic acids is 1. The topological polar surface area (TPSA) is 83.5 Å². The highest BCUT2D eigenvalue weighted by molar-refractivity contribution is 7.89. The summed E-state index contributed by atoms with van der Waals surface area (Å²) in [6, 6.07) is 0. The quantitative estimate of drug-likeness (QED) is 0.740. The molecule has 5 nitrogen and oxygen atoms in total. The van der Waals surface area contributed by atoms with Gasteiger partial charge in [0.1, 0.15) is 0 Å². The van der Waals surface area contributed by atoms with Crippen molar-refractivity contribution in [2.45, 2.75) is 45.4 Å². The van der Waals surface area contributed by atoms with Crippen molar-refractivity contribution in [1.82, 2.24) is 4.72 Å². The highest BCUT2D eigenvalue weighted by atomic mass is 32.2. The van der Waals surface area contributed by atoms with Crippen LogP contribution in [0.1, 0.15) is 45.4 Å². The van der Waals surface area contributed by atoms with Crippen LogP contribution in [0.2, 0.25) is 0 Å². The first-order chi connectivity index (χ1) is 8.41.